The molecule has 0 saturated carbocycles. The van der Waals surface area contributed by atoms with E-state index < -0.39 is 6.10 Å². The summed E-state index contributed by atoms with van der Waals surface area (Å²) in [7, 11) is 0. The second-order valence-electron chi connectivity index (χ2n) is 17.7. The number of ether oxygens (including phenoxy) is 3. The Morgan fingerprint density at radius 3 is 0.884 bits per heavy atom. The van der Waals surface area contributed by atoms with E-state index in [9.17, 15) is 14.4 Å². The molecule has 0 saturated heterocycles. The molecule has 6 nitrogen and oxygen atoms in total. The first-order valence-corrected chi connectivity index (χ1v) is 27.7. The highest BCUT2D eigenvalue weighted by atomic mass is 16.6. The van der Waals surface area contributed by atoms with Crippen LogP contribution in [-0.2, 0) is 28.6 Å². The van der Waals surface area contributed by atoms with Gasteiger partial charge < -0.3 is 14.2 Å². The summed E-state index contributed by atoms with van der Waals surface area (Å²) in [6.45, 7) is 6.31. The van der Waals surface area contributed by atoms with Crippen molar-refractivity contribution < 1.29 is 28.6 Å². The summed E-state index contributed by atoms with van der Waals surface area (Å²) in [5.41, 5.74) is 0. The second-order valence-corrected chi connectivity index (χ2v) is 17.7. The Morgan fingerprint density at radius 2 is 0.565 bits per heavy atom. The number of allylic oxidation sites excluding steroid dienone is 22. The monoisotopic (exact) mass is 953 g/mol. The number of hydrogen-bond donors (Lipinski definition) is 0. The van der Waals surface area contributed by atoms with E-state index in [-0.39, 0.29) is 31.1 Å². The summed E-state index contributed by atoms with van der Waals surface area (Å²) >= 11 is 0. The lowest BCUT2D eigenvalue weighted by molar-refractivity contribution is -0.167. The zero-order valence-corrected chi connectivity index (χ0v) is 44.3. The molecule has 0 heterocycles. The average Bonchev–Trinajstić information content (AvgIpc) is 3.35. The van der Waals surface area contributed by atoms with Gasteiger partial charge in [0, 0.05) is 19.3 Å². The van der Waals surface area contributed by atoms with Crippen molar-refractivity contribution in [1.29, 1.82) is 0 Å². The minimum atomic E-state index is -0.801. The topological polar surface area (TPSA) is 78.9 Å². The highest BCUT2D eigenvalue weighted by Crippen LogP contribution is 2.13. The van der Waals surface area contributed by atoms with E-state index in [1.54, 1.807) is 0 Å². The summed E-state index contributed by atoms with van der Waals surface area (Å²) in [5.74, 6) is -0.956. The third-order valence-electron chi connectivity index (χ3n) is 11.2. The normalized spacial score (nSPS) is 13.1. The van der Waals surface area contributed by atoms with Gasteiger partial charge in [0.2, 0.25) is 0 Å². The van der Waals surface area contributed by atoms with Crippen LogP contribution in [0.25, 0.3) is 0 Å². The number of unbranched alkanes of at least 4 members (excludes halogenated alkanes) is 15. The molecule has 0 rings (SSSR count). The van der Waals surface area contributed by atoms with Crippen LogP contribution < -0.4 is 0 Å². The minimum absolute atomic E-state index is 0.0982. The largest absolute Gasteiger partial charge is 0.462 e. The molecule has 0 bridgehead atoms. The molecule has 0 aromatic carbocycles. The smallest absolute Gasteiger partial charge is 0.306 e. The molecule has 0 spiro atoms. The van der Waals surface area contributed by atoms with Gasteiger partial charge in [-0.15, -0.1) is 0 Å². The molecule has 69 heavy (non-hydrogen) atoms. The zero-order valence-electron chi connectivity index (χ0n) is 44.3. The first-order valence-electron chi connectivity index (χ1n) is 27.7. The fraction of sp³-hybridized carbons (Fsp3) is 0.603. The van der Waals surface area contributed by atoms with E-state index >= 15 is 0 Å². The fourth-order valence-corrected chi connectivity index (χ4v) is 7.06. The maximum Gasteiger partial charge on any atom is 0.306 e. The van der Waals surface area contributed by atoms with Crippen molar-refractivity contribution in [3.63, 3.8) is 0 Å². The molecule has 1 atom stereocenters. The molecule has 0 amide bonds. The summed E-state index contributed by atoms with van der Waals surface area (Å²) in [6, 6.07) is 0. The first-order chi connectivity index (χ1) is 34.0. The molecule has 0 aromatic heterocycles. The molecule has 388 valence electrons. The van der Waals surface area contributed by atoms with Gasteiger partial charge in [-0.25, -0.2) is 0 Å². The molecule has 6 heteroatoms. The Balaban J connectivity index is 4.31. The molecule has 0 N–H and O–H groups in total. The van der Waals surface area contributed by atoms with Crippen molar-refractivity contribution in [2.75, 3.05) is 13.2 Å². The Hall–Kier alpha value is -4.45. The van der Waals surface area contributed by atoms with Gasteiger partial charge in [0.05, 0.1) is 0 Å². The molecule has 0 aromatic rings. The Morgan fingerprint density at radius 1 is 0.304 bits per heavy atom. The van der Waals surface area contributed by atoms with Crippen LogP contribution in [0.1, 0.15) is 226 Å². The highest BCUT2D eigenvalue weighted by molar-refractivity contribution is 5.71. The van der Waals surface area contributed by atoms with Gasteiger partial charge >= 0.3 is 17.9 Å². The van der Waals surface area contributed by atoms with Crippen molar-refractivity contribution in [1.82, 2.24) is 0 Å². The van der Waals surface area contributed by atoms with Gasteiger partial charge in [-0.1, -0.05) is 225 Å². The highest BCUT2D eigenvalue weighted by Gasteiger charge is 2.19. The van der Waals surface area contributed by atoms with Gasteiger partial charge in [-0.3, -0.25) is 14.4 Å². The van der Waals surface area contributed by atoms with Gasteiger partial charge in [0.15, 0.2) is 6.10 Å². The van der Waals surface area contributed by atoms with Crippen LogP contribution >= 0.6 is 0 Å². The van der Waals surface area contributed by atoms with Crippen LogP contribution in [0.15, 0.2) is 134 Å². The molecule has 1 unspecified atom stereocenters. The van der Waals surface area contributed by atoms with E-state index in [1.807, 2.05) is 0 Å². The lowest BCUT2D eigenvalue weighted by atomic mass is 10.1. The molecule has 0 aliphatic rings. The maximum absolute atomic E-state index is 12.8. The Kier molecular flexibility index (Phi) is 52.5. The third-order valence-corrected chi connectivity index (χ3v) is 11.2. The molecular weight excluding hydrogens is 853 g/mol. The summed E-state index contributed by atoms with van der Waals surface area (Å²) in [5, 5.41) is 0. The Labute approximate surface area is 424 Å². The number of carbonyl (C=O) groups is 3. The van der Waals surface area contributed by atoms with Crippen LogP contribution in [0.2, 0.25) is 0 Å². The molecule has 0 aliphatic carbocycles. The number of hydrogen-bond acceptors (Lipinski definition) is 6. The lowest BCUT2D eigenvalue weighted by Crippen LogP contribution is -2.30. The minimum Gasteiger partial charge on any atom is -0.462 e. The van der Waals surface area contributed by atoms with Gasteiger partial charge in [0.1, 0.15) is 13.2 Å². The van der Waals surface area contributed by atoms with Crippen LogP contribution in [0.4, 0.5) is 0 Å². The third kappa shape index (κ3) is 54.4. The number of esters is 3. The van der Waals surface area contributed by atoms with Gasteiger partial charge in [-0.2, -0.15) is 0 Å². The molecule has 0 radical (unpaired) electrons. The van der Waals surface area contributed by atoms with Gasteiger partial charge in [0.25, 0.3) is 0 Å². The van der Waals surface area contributed by atoms with Crippen molar-refractivity contribution >= 4 is 17.9 Å². The molecule has 0 fully saturated rings. The quantitative estimate of drug-likeness (QED) is 0.0262. The van der Waals surface area contributed by atoms with E-state index in [1.165, 1.54) is 25.7 Å². The second kappa shape index (κ2) is 56.1. The van der Waals surface area contributed by atoms with Crippen LogP contribution in [0, 0.1) is 0 Å². The molecule has 0 aliphatic heterocycles. The average molecular weight is 953 g/mol. The van der Waals surface area contributed by atoms with Gasteiger partial charge in [-0.05, 0) is 116 Å². The van der Waals surface area contributed by atoms with E-state index in [2.05, 4.69) is 154 Å². The number of carbonyl (C=O) groups excluding carboxylic acids is 3. The fourth-order valence-electron chi connectivity index (χ4n) is 7.06. The Bertz CT molecular complexity index is 1510. The predicted octanol–water partition coefficient (Wildman–Crippen LogP) is 18.6. The van der Waals surface area contributed by atoms with E-state index in [4.69, 9.17) is 14.2 Å². The van der Waals surface area contributed by atoms with Crippen molar-refractivity contribution in [2.24, 2.45) is 0 Å². The summed E-state index contributed by atoms with van der Waals surface area (Å²) in [6.07, 6.45) is 78.9. The van der Waals surface area contributed by atoms with Crippen molar-refractivity contribution in [3.05, 3.63) is 134 Å². The summed E-state index contributed by atoms with van der Waals surface area (Å²) in [4.78, 5) is 37.9. The molecular formula is C63H100O6. The summed E-state index contributed by atoms with van der Waals surface area (Å²) < 4.78 is 16.7. The first kappa shape index (κ1) is 64.5. The van der Waals surface area contributed by atoms with Crippen LogP contribution in [0.3, 0.4) is 0 Å². The van der Waals surface area contributed by atoms with Crippen molar-refractivity contribution in [2.45, 2.75) is 232 Å². The predicted molar refractivity (Wildman–Crippen MR) is 297 cm³/mol. The van der Waals surface area contributed by atoms with Crippen LogP contribution in [-0.4, -0.2) is 37.2 Å². The maximum atomic E-state index is 12.8. The van der Waals surface area contributed by atoms with Crippen LogP contribution in [0.5, 0.6) is 0 Å². The van der Waals surface area contributed by atoms with E-state index in [0.717, 1.165) is 161 Å². The SMILES string of the molecule is CC/C=C\C/C=C\C/C=C\C/C=C\C/C=C\C/C=C\C/C=C\CCCCCCCC(=O)OCC(COC(=O)CCCCCCCCC)OC(=O)CCCCCC/C=C\C/C=C\C/C=C\C/C=C\CC. The van der Waals surface area contributed by atoms with E-state index in [0.29, 0.717) is 19.3 Å². The van der Waals surface area contributed by atoms with Crippen molar-refractivity contribution in [3.8, 4) is 0 Å². The zero-order chi connectivity index (χ0) is 50.0. The number of rotatable bonds is 48. The lowest BCUT2D eigenvalue weighted by Gasteiger charge is -2.18. The standard InChI is InChI=1S/C63H100O6/c1-4-7-10-13-16-18-20-22-24-26-27-28-29-30-31-32-33-34-35-37-38-40-42-44-47-50-53-56-62(65)68-59-60(58-67-61(64)55-52-49-46-15-12-9-6-3)69-63(66)57-54-51-48-45-43-41-39-36-25-23-21-19-17-14-11-8-5-2/h7-8,10-11,16-19,22-25,27-28,30-31,33-34,37-39,41,60H,4-6,9,12-15,20-21,26,29,32,35-36,40,42-59H2,1-3H3/b10-7-,11-8-,18-16-,19-17-,24-22-,25-23-,28-27-,31-30-,34-33-,38-37-,41-39-.